The number of rotatable bonds is 3. The van der Waals surface area contributed by atoms with E-state index in [4.69, 9.17) is 4.74 Å². The zero-order valence-corrected chi connectivity index (χ0v) is 8.98. The zero-order valence-electron chi connectivity index (χ0n) is 8.98. The van der Waals surface area contributed by atoms with Gasteiger partial charge in [-0.05, 0) is 49.9 Å². The van der Waals surface area contributed by atoms with Gasteiger partial charge in [0.25, 0.3) is 0 Å². The Hall–Kier alpha value is -0.980. The molecule has 1 heteroatoms. The second kappa shape index (κ2) is 4.31. The molecule has 1 rings (SSSR count). The van der Waals surface area contributed by atoms with Crippen LogP contribution in [0.15, 0.2) is 12.1 Å². The van der Waals surface area contributed by atoms with E-state index in [-0.39, 0.29) is 0 Å². The molecule has 0 saturated heterocycles. The van der Waals surface area contributed by atoms with Crippen LogP contribution in [0.3, 0.4) is 0 Å². The maximum Gasteiger partial charge on any atom is 0.122 e. The summed E-state index contributed by atoms with van der Waals surface area (Å²) in [6.45, 7) is 9.19. The molecule has 0 N–H and O–H groups in total. The van der Waals surface area contributed by atoms with E-state index in [1.807, 2.05) is 6.92 Å². The summed E-state index contributed by atoms with van der Waals surface area (Å²) in [5, 5.41) is 0. The lowest BCUT2D eigenvalue weighted by molar-refractivity contribution is 0.336. The predicted molar refractivity (Wildman–Crippen MR) is 56.5 cm³/mol. The third-order valence-corrected chi connectivity index (χ3v) is 2.23. The van der Waals surface area contributed by atoms with Crippen LogP contribution in [0.1, 0.15) is 30.5 Å². The van der Waals surface area contributed by atoms with Crippen LogP contribution in [0.2, 0.25) is 0 Å². The molecule has 1 nitrogen and oxygen atoms in total. The molecule has 0 fully saturated rings. The monoisotopic (exact) mass is 178 g/mol. The smallest absolute Gasteiger partial charge is 0.122 e. The van der Waals surface area contributed by atoms with Gasteiger partial charge < -0.3 is 4.74 Å². The number of benzene rings is 1. The summed E-state index contributed by atoms with van der Waals surface area (Å²) in [6, 6.07) is 4.33. The lowest BCUT2D eigenvalue weighted by Crippen LogP contribution is -1.98. The van der Waals surface area contributed by atoms with Crippen molar-refractivity contribution in [2.75, 3.05) is 6.61 Å². The van der Waals surface area contributed by atoms with Crippen molar-refractivity contribution in [3.8, 4) is 5.75 Å². The lowest BCUT2D eigenvalue weighted by atomic mass is 10.0. The van der Waals surface area contributed by atoms with Crippen molar-refractivity contribution in [3.05, 3.63) is 28.8 Å². The van der Waals surface area contributed by atoms with Crippen molar-refractivity contribution in [1.29, 1.82) is 0 Å². The highest BCUT2D eigenvalue weighted by Crippen LogP contribution is 2.24. The van der Waals surface area contributed by atoms with Gasteiger partial charge in [-0.3, -0.25) is 0 Å². The number of hydrogen-bond acceptors (Lipinski definition) is 1. The molecule has 0 amide bonds. The highest BCUT2D eigenvalue weighted by Gasteiger charge is 2.05. The molecule has 0 unspecified atom stereocenters. The molecule has 0 atom stereocenters. The molecule has 0 aliphatic rings. The predicted octanol–water partition coefficient (Wildman–Crippen LogP) is 3.26. The third-order valence-electron chi connectivity index (χ3n) is 2.23. The summed E-state index contributed by atoms with van der Waals surface area (Å²) >= 11 is 0. The van der Waals surface area contributed by atoms with Crippen molar-refractivity contribution in [2.24, 2.45) is 0 Å². The minimum Gasteiger partial charge on any atom is -0.494 e. The Labute approximate surface area is 80.7 Å². The van der Waals surface area contributed by atoms with Gasteiger partial charge in [-0.25, -0.2) is 0 Å². The Morgan fingerprint density at radius 1 is 1.15 bits per heavy atom. The van der Waals surface area contributed by atoms with Crippen LogP contribution in [0.4, 0.5) is 0 Å². The third kappa shape index (κ3) is 2.24. The summed E-state index contributed by atoms with van der Waals surface area (Å²) in [5.41, 5.74) is 3.96. The molecule has 1 aromatic carbocycles. The molecule has 72 valence electrons. The largest absolute Gasteiger partial charge is 0.494 e. The Balaban J connectivity index is 3.13. The summed E-state index contributed by atoms with van der Waals surface area (Å²) in [7, 11) is 0. The van der Waals surface area contributed by atoms with Crippen LogP contribution < -0.4 is 4.74 Å². The summed E-state index contributed by atoms with van der Waals surface area (Å²) in [5.74, 6) is 1.06. The fourth-order valence-corrected chi connectivity index (χ4v) is 1.70. The molecule has 0 aliphatic heterocycles. The van der Waals surface area contributed by atoms with E-state index in [9.17, 15) is 0 Å². The molecule has 1 aromatic rings. The Bertz CT molecular complexity index is 289. The molecule has 0 radical (unpaired) electrons. The van der Waals surface area contributed by atoms with Crippen LogP contribution in [-0.2, 0) is 6.42 Å². The van der Waals surface area contributed by atoms with Crippen molar-refractivity contribution < 1.29 is 4.74 Å². The maximum atomic E-state index is 5.59. The van der Waals surface area contributed by atoms with Crippen LogP contribution in [0.5, 0.6) is 5.75 Å². The van der Waals surface area contributed by atoms with Gasteiger partial charge in [0.05, 0.1) is 6.61 Å². The van der Waals surface area contributed by atoms with Crippen LogP contribution in [0.25, 0.3) is 0 Å². The van der Waals surface area contributed by atoms with Crippen LogP contribution >= 0.6 is 0 Å². The quantitative estimate of drug-likeness (QED) is 0.690. The summed E-state index contributed by atoms with van der Waals surface area (Å²) in [4.78, 5) is 0. The van der Waals surface area contributed by atoms with E-state index in [0.717, 1.165) is 18.8 Å². The number of ether oxygens (including phenoxy) is 1. The van der Waals surface area contributed by atoms with E-state index >= 15 is 0 Å². The zero-order chi connectivity index (χ0) is 9.84. The number of aryl methyl sites for hydroxylation is 2. The number of hydrogen-bond donors (Lipinski definition) is 0. The van der Waals surface area contributed by atoms with Crippen molar-refractivity contribution in [1.82, 2.24) is 0 Å². The van der Waals surface area contributed by atoms with Gasteiger partial charge in [0.2, 0.25) is 0 Å². The molecule has 0 aromatic heterocycles. The minimum atomic E-state index is 0.746. The molecule has 0 heterocycles. The first-order valence-electron chi connectivity index (χ1n) is 4.92. The Kier molecular flexibility index (Phi) is 3.35. The van der Waals surface area contributed by atoms with Gasteiger partial charge in [-0.2, -0.15) is 0 Å². The van der Waals surface area contributed by atoms with E-state index in [1.165, 1.54) is 16.7 Å². The topological polar surface area (TPSA) is 9.23 Å². The van der Waals surface area contributed by atoms with Crippen molar-refractivity contribution in [3.63, 3.8) is 0 Å². The summed E-state index contributed by atoms with van der Waals surface area (Å²) in [6.07, 6.45) is 1.04. The standard InChI is InChI=1S/C12H18O/c1-5-11-10(4)7-9(3)8-12(11)13-6-2/h7-8H,5-6H2,1-4H3. The van der Waals surface area contributed by atoms with Gasteiger partial charge in [0.15, 0.2) is 0 Å². The molecular weight excluding hydrogens is 160 g/mol. The average Bonchev–Trinajstić information content (AvgIpc) is 2.04. The first kappa shape index (κ1) is 10.1. The van der Waals surface area contributed by atoms with Gasteiger partial charge in [0.1, 0.15) is 5.75 Å². The minimum absolute atomic E-state index is 0.746. The normalized spacial score (nSPS) is 10.2. The molecule has 0 aliphatic carbocycles. The highest BCUT2D eigenvalue weighted by molar-refractivity contribution is 5.42. The van der Waals surface area contributed by atoms with E-state index in [2.05, 4.69) is 32.9 Å². The van der Waals surface area contributed by atoms with Crippen molar-refractivity contribution in [2.45, 2.75) is 34.1 Å². The molecule has 0 spiro atoms. The van der Waals surface area contributed by atoms with Gasteiger partial charge in [-0.1, -0.05) is 13.0 Å². The fraction of sp³-hybridized carbons (Fsp3) is 0.500. The fourth-order valence-electron chi connectivity index (χ4n) is 1.70. The first-order valence-corrected chi connectivity index (χ1v) is 4.92. The molecule has 13 heavy (non-hydrogen) atoms. The van der Waals surface area contributed by atoms with Crippen LogP contribution in [0, 0.1) is 13.8 Å². The Morgan fingerprint density at radius 3 is 2.38 bits per heavy atom. The second-order valence-corrected chi connectivity index (χ2v) is 3.35. The van der Waals surface area contributed by atoms with E-state index in [0.29, 0.717) is 0 Å². The van der Waals surface area contributed by atoms with Gasteiger partial charge >= 0.3 is 0 Å². The van der Waals surface area contributed by atoms with Crippen LogP contribution in [-0.4, -0.2) is 6.61 Å². The highest BCUT2D eigenvalue weighted by atomic mass is 16.5. The molecule has 0 bridgehead atoms. The van der Waals surface area contributed by atoms with Gasteiger partial charge in [-0.15, -0.1) is 0 Å². The van der Waals surface area contributed by atoms with E-state index in [1.54, 1.807) is 0 Å². The SMILES string of the molecule is CCOc1cc(C)cc(C)c1CC. The van der Waals surface area contributed by atoms with Crippen molar-refractivity contribution >= 4 is 0 Å². The lowest BCUT2D eigenvalue weighted by Gasteiger charge is -2.12. The molecule has 0 saturated carbocycles. The van der Waals surface area contributed by atoms with E-state index < -0.39 is 0 Å². The summed E-state index contributed by atoms with van der Waals surface area (Å²) < 4.78 is 5.59. The van der Waals surface area contributed by atoms with Gasteiger partial charge in [0, 0.05) is 0 Å². The second-order valence-electron chi connectivity index (χ2n) is 3.35. The average molecular weight is 178 g/mol. The molecular formula is C12H18O. The maximum absolute atomic E-state index is 5.59. The Morgan fingerprint density at radius 2 is 1.85 bits per heavy atom. The first-order chi connectivity index (χ1) is 6.19.